The van der Waals surface area contributed by atoms with Crippen LogP contribution in [0.15, 0.2) is 0 Å². The van der Waals surface area contributed by atoms with Crippen molar-refractivity contribution >= 4 is 23.9 Å². The van der Waals surface area contributed by atoms with E-state index >= 15 is 0 Å². The highest BCUT2D eigenvalue weighted by molar-refractivity contribution is 5.71. The standard InChI is InChI=1S/C68H126O15/c1-5-9-13-17-21-25-29-33-37-41-45-49-58(70)77-54-57-64(80-60(72)51-47-43-39-35-31-27-23-19-15-11-7-3)66(81-61(73)52-48-44-40-36-32-28-24-20-16-12-8-4)68(82-57,83-65-63(75)62(74)56(53-69)79-67(65)76)55-78-59(71)50-46-42-38-34-30-26-22-18-14-10-6-2/h56-57,62-67,69,74-76H,5-55H2,1-4H3. The molecule has 0 aromatic carbocycles. The fourth-order valence-electron chi connectivity index (χ4n) is 11.6. The van der Waals surface area contributed by atoms with Crippen LogP contribution in [-0.4, -0.2) is 119 Å². The van der Waals surface area contributed by atoms with Crippen LogP contribution in [0.25, 0.3) is 0 Å². The Labute approximate surface area is 505 Å². The number of ether oxygens (including phenoxy) is 7. The quantitative estimate of drug-likeness (QED) is 0.0253. The smallest absolute Gasteiger partial charge is 0.306 e. The lowest BCUT2D eigenvalue weighted by Crippen LogP contribution is -2.64. The van der Waals surface area contributed by atoms with E-state index in [0.717, 1.165) is 96.3 Å². The highest BCUT2D eigenvalue weighted by atomic mass is 16.8. The number of hydrogen-bond acceptors (Lipinski definition) is 15. The van der Waals surface area contributed by atoms with Gasteiger partial charge in [-0.1, -0.05) is 285 Å². The molecule has 0 aliphatic carbocycles. The predicted octanol–water partition coefficient (Wildman–Crippen LogP) is 15.6. The van der Waals surface area contributed by atoms with Crippen molar-refractivity contribution in [3.8, 4) is 0 Å². The van der Waals surface area contributed by atoms with E-state index in [0.29, 0.717) is 25.7 Å². The number of esters is 4. The normalized spacial score (nSPS) is 22.5. The number of carbonyl (C=O) groups is 4. The summed E-state index contributed by atoms with van der Waals surface area (Å²) in [6, 6.07) is 0. The molecule has 2 saturated heterocycles. The third kappa shape index (κ3) is 36.5. The Hall–Kier alpha value is -2.40. The minimum Gasteiger partial charge on any atom is -0.463 e. The average molecular weight is 1180 g/mol. The van der Waals surface area contributed by atoms with E-state index in [-0.39, 0.29) is 25.7 Å². The predicted molar refractivity (Wildman–Crippen MR) is 328 cm³/mol. The first-order chi connectivity index (χ1) is 40.5. The zero-order valence-electron chi connectivity index (χ0n) is 53.5. The second-order valence-corrected chi connectivity index (χ2v) is 24.6. The van der Waals surface area contributed by atoms with Gasteiger partial charge in [0.15, 0.2) is 18.5 Å². The Morgan fingerprint density at radius 1 is 0.373 bits per heavy atom. The third-order valence-corrected chi connectivity index (χ3v) is 16.9. The number of aliphatic hydroxyl groups is 4. The summed E-state index contributed by atoms with van der Waals surface area (Å²) in [5, 5.41) is 43.9. The molecule has 2 heterocycles. The molecule has 15 heteroatoms. The van der Waals surface area contributed by atoms with Crippen molar-refractivity contribution in [2.75, 3.05) is 19.8 Å². The van der Waals surface area contributed by atoms with E-state index in [9.17, 15) is 39.6 Å². The average Bonchev–Trinajstić information content (AvgIpc) is 2.98. The maximum Gasteiger partial charge on any atom is 0.306 e. The van der Waals surface area contributed by atoms with Gasteiger partial charge >= 0.3 is 23.9 Å². The van der Waals surface area contributed by atoms with Crippen LogP contribution in [0.3, 0.4) is 0 Å². The SMILES string of the molecule is CCCCCCCCCCCCCC(=O)OCC1OC(COC(=O)CCCCCCCCCCCCC)(OC2C(O)OC(CO)C(O)C2O)C(OC(=O)CCCCCCCCCCCCC)C1OC(=O)CCCCCCCCCCCCC. The van der Waals surface area contributed by atoms with E-state index in [1.807, 2.05) is 0 Å². The minimum absolute atomic E-state index is 0.00502. The van der Waals surface area contributed by atoms with Gasteiger partial charge in [-0.2, -0.15) is 0 Å². The van der Waals surface area contributed by atoms with Crippen molar-refractivity contribution in [1.29, 1.82) is 0 Å². The summed E-state index contributed by atoms with van der Waals surface area (Å²) >= 11 is 0. The van der Waals surface area contributed by atoms with Gasteiger partial charge in [-0.05, 0) is 25.7 Å². The van der Waals surface area contributed by atoms with Crippen molar-refractivity contribution in [1.82, 2.24) is 0 Å². The van der Waals surface area contributed by atoms with Crippen molar-refractivity contribution in [2.45, 2.75) is 391 Å². The van der Waals surface area contributed by atoms with Crippen molar-refractivity contribution < 1.29 is 72.8 Å². The lowest BCUT2D eigenvalue weighted by Gasteiger charge is -2.44. The summed E-state index contributed by atoms with van der Waals surface area (Å²) in [5.74, 6) is -4.77. The van der Waals surface area contributed by atoms with Crippen LogP contribution in [0.2, 0.25) is 0 Å². The molecule has 0 radical (unpaired) electrons. The molecular weight excluding hydrogens is 1060 g/mol. The summed E-state index contributed by atoms with van der Waals surface area (Å²) in [7, 11) is 0. The fourth-order valence-corrected chi connectivity index (χ4v) is 11.6. The molecule has 9 atom stereocenters. The number of unbranched alkanes of at least 4 members (excludes halogenated alkanes) is 40. The molecule has 0 saturated carbocycles. The third-order valence-electron chi connectivity index (χ3n) is 16.9. The van der Waals surface area contributed by atoms with Gasteiger partial charge in [0.2, 0.25) is 5.79 Å². The van der Waals surface area contributed by atoms with Gasteiger partial charge in [0.05, 0.1) is 6.61 Å². The summed E-state index contributed by atoms with van der Waals surface area (Å²) < 4.78 is 43.1. The summed E-state index contributed by atoms with van der Waals surface area (Å²) in [6.45, 7) is 6.93. The van der Waals surface area contributed by atoms with E-state index in [1.54, 1.807) is 0 Å². The largest absolute Gasteiger partial charge is 0.463 e. The van der Waals surface area contributed by atoms with Crippen LogP contribution < -0.4 is 0 Å². The Morgan fingerprint density at radius 2 is 0.687 bits per heavy atom. The van der Waals surface area contributed by atoms with Crippen molar-refractivity contribution in [2.24, 2.45) is 0 Å². The van der Waals surface area contributed by atoms with Gasteiger partial charge in [-0.3, -0.25) is 19.2 Å². The Kier molecular flexibility index (Phi) is 47.7. The summed E-state index contributed by atoms with van der Waals surface area (Å²) in [6.07, 6.45) is 35.1. The molecule has 0 spiro atoms. The summed E-state index contributed by atoms with van der Waals surface area (Å²) in [4.78, 5) is 55.4. The molecule has 488 valence electrons. The van der Waals surface area contributed by atoms with Crippen LogP contribution in [0.1, 0.15) is 336 Å². The molecule has 2 rings (SSSR count). The second-order valence-electron chi connectivity index (χ2n) is 24.6. The molecule has 4 N–H and O–H groups in total. The van der Waals surface area contributed by atoms with E-state index in [2.05, 4.69) is 27.7 Å². The maximum atomic E-state index is 14.2. The number of carbonyl (C=O) groups excluding carboxylic acids is 4. The molecule has 2 aliphatic rings. The molecule has 15 nitrogen and oxygen atoms in total. The van der Waals surface area contributed by atoms with Crippen molar-refractivity contribution in [3.05, 3.63) is 0 Å². The van der Waals surface area contributed by atoms with E-state index in [4.69, 9.17) is 33.2 Å². The zero-order chi connectivity index (χ0) is 60.4. The van der Waals surface area contributed by atoms with Gasteiger partial charge in [0, 0.05) is 25.7 Å². The van der Waals surface area contributed by atoms with Crippen LogP contribution in [-0.2, 0) is 52.3 Å². The molecule has 9 unspecified atom stereocenters. The number of aliphatic hydroxyl groups excluding tert-OH is 4. The molecule has 0 bridgehead atoms. The molecule has 2 aliphatic heterocycles. The topological polar surface area (TPSA) is 214 Å². The number of hydrogen-bond donors (Lipinski definition) is 4. The van der Waals surface area contributed by atoms with Crippen LogP contribution in [0, 0.1) is 0 Å². The molecule has 83 heavy (non-hydrogen) atoms. The van der Waals surface area contributed by atoms with Gasteiger partial charge in [-0.25, -0.2) is 0 Å². The Bertz CT molecular complexity index is 1570. The first-order valence-corrected chi connectivity index (χ1v) is 34.8. The van der Waals surface area contributed by atoms with Gasteiger partial charge in [0.25, 0.3) is 0 Å². The number of rotatable bonds is 57. The maximum absolute atomic E-state index is 14.2. The van der Waals surface area contributed by atoms with Gasteiger partial charge < -0.3 is 53.6 Å². The zero-order valence-corrected chi connectivity index (χ0v) is 53.5. The first-order valence-electron chi connectivity index (χ1n) is 34.8. The van der Waals surface area contributed by atoms with Crippen molar-refractivity contribution in [3.63, 3.8) is 0 Å². The molecule has 0 amide bonds. The van der Waals surface area contributed by atoms with Crippen LogP contribution >= 0.6 is 0 Å². The van der Waals surface area contributed by atoms with Gasteiger partial charge in [0.1, 0.15) is 43.7 Å². The second kappa shape index (κ2) is 51.6. The molecule has 0 aromatic rings. The Balaban J connectivity index is 2.40. The summed E-state index contributed by atoms with van der Waals surface area (Å²) in [5.41, 5.74) is 0. The van der Waals surface area contributed by atoms with Crippen LogP contribution in [0.5, 0.6) is 0 Å². The Morgan fingerprint density at radius 3 is 1.04 bits per heavy atom. The van der Waals surface area contributed by atoms with Crippen LogP contribution in [0.4, 0.5) is 0 Å². The molecule has 0 aromatic heterocycles. The van der Waals surface area contributed by atoms with Gasteiger partial charge in [-0.15, -0.1) is 0 Å². The van der Waals surface area contributed by atoms with E-state index in [1.165, 1.54) is 161 Å². The molecule has 2 fully saturated rings. The van der Waals surface area contributed by atoms with E-state index < -0.39 is 98.5 Å². The minimum atomic E-state index is -2.39. The highest BCUT2D eigenvalue weighted by Gasteiger charge is 2.64. The molecular formula is C68H126O15. The lowest BCUT2D eigenvalue weighted by molar-refractivity contribution is -0.366. The first kappa shape index (κ1) is 76.7. The highest BCUT2D eigenvalue weighted by Crippen LogP contribution is 2.41. The monoisotopic (exact) mass is 1180 g/mol. The fraction of sp³-hybridized carbons (Fsp3) is 0.941. The lowest BCUT2D eigenvalue weighted by atomic mass is 9.98.